The lowest BCUT2D eigenvalue weighted by Crippen LogP contribution is -2.30. The second-order valence-corrected chi connectivity index (χ2v) is 5.62. The molecule has 0 spiro atoms. The molecule has 0 aliphatic heterocycles. The van der Waals surface area contributed by atoms with Crippen LogP contribution >= 0.6 is 0 Å². The molecule has 1 N–H and O–H groups in total. The van der Waals surface area contributed by atoms with Crippen molar-refractivity contribution in [1.82, 2.24) is 0 Å². The third-order valence-corrected chi connectivity index (χ3v) is 3.50. The molecule has 2 aromatic carbocycles. The molecule has 0 radical (unpaired) electrons. The van der Waals surface area contributed by atoms with Gasteiger partial charge in [-0.2, -0.15) is 0 Å². The van der Waals surface area contributed by atoms with Crippen LogP contribution < -0.4 is 10.1 Å². The van der Waals surface area contributed by atoms with Crippen LogP contribution in [0.4, 0.5) is 5.69 Å². The predicted octanol–water partition coefficient (Wildman–Crippen LogP) is 4.27. The number of anilines is 1. The van der Waals surface area contributed by atoms with Gasteiger partial charge in [-0.1, -0.05) is 25.1 Å². The molecular weight excluding hydrogens is 274 g/mol. The fourth-order valence-corrected chi connectivity index (χ4v) is 2.35. The van der Waals surface area contributed by atoms with Gasteiger partial charge in [0.1, 0.15) is 5.75 Å². The van der Waals surface area contributed by atoms with Crippen molar-refractivity contribution >= 4 is 11.6 Å². The van der Waals surface area contributed by atoms with Crippen LogP contribution in [0, 0.1) is 13.8 Å². The Labute approximate surface area is 132 Å². The Bertz CT molecular complexity index is 627. The van der Waals surface area contributed by atoms with Crippen molar-refractivity contribution in [2.75, 3.05) is 5.32 Å². The summed E-state index contributed by atoms with van der Waals surface area (Å²) in [6.45, 7) is 7.89. The van der Waals surface area contributed by atoms with E-state index in [1.165, 1.54) is 5.56 Å². The number of hydrogen-bond acceptors (Lipinski definition) is 2. The fourth-order valence-electron chi connectivity index (χ4n) is 2.35. The van der Waals surface area contributed by atoms with E-state index in [1.807, 2.05) is 50.2 Å². The Kier molecular flexibility index (Phi) is 5.21. The maximum atomic E-state index is 12.2. The average molecular weight is 297 g/mol. The Morgan fingerprint density at radius 2 is 1.68 bits per heavy atom. The first-order chi connectivity index (χ1) is 10.5. The molecule has 1 amide bonds. The normalized spacial score (nSPS) is 11.8. The molecular formula is C19H23NO2. The van der Waals surface area contributed by atoms with Crippen molar-refractivity contribution in [3.63, 3.8) is 0 Å². The van der Waals surface area contributed by atoms with Gasteiger partial charge in [0.2, 0.25) is 0 Å². The Morgan fingerprint density at radius 1 is 1.09 bits per heavy atom. The predicted molar refractivity (Wildman–Crippen MR) is 90.5 cm³/mol. The molecule has 0 heterocycles. The van der Waals surface area contributed by atoms with Crippen LogP contribution in [0.15, 0.2) is 42.5 Å². The average Bonchev–Trinajstić information content (AvgIpc) is 2.46. The van der Waals surface area contributed by atoms with Gasteiger partial charge in [0, 0.05) is 5.69 Å². The van der Waals surface area contributed by atoms with Gasteiger partial charge >= 0.3 is 0 Å². The molecule has 0 bridgehead atoms. The van der Waals surface area contributed by atoms with Crippen LogP contribution in [0.25, 0.3) is 0 Å². The summed E-state index contributed by atoms with van der Waals surface area (Å²) >= 11 is 0. The number of aryl methyl sites for hydroxylation is 3. The zero-order valence-electron chi connectivity index (χ0n) is 13.6. The van der Waals surface area contributed by atoms with Crippen molar-refractivity contribution < 1.29 is 9.53 Å². The second-order valence-electron chi connectivity index (χ2n) is 5.62. The quantitative estimate of drug-likeness (QED) is 0.895. The SMILES string of the molecule is CCc1ccc(OC(C)C(=O)Nc2cc(C)cc(C)c2)cc1. The Balaban J connectivity index is 1.99. The van der Waals surface area contributed by atoms with E-state index in [0.29, 0.717) is 5.75 Å². The van der Waals surface area contributed by atoms with Crippen molar-refractivity contribution in [2.24, 2.45) is 0 Å². The maximum absolute atomic E-state index is 12.2. The highest BCUT2D eigenvalue weighted by atomic mass is 16.5. The number of amides is 1. The van der Waals surface area contributed by atoms with Crippen molar-refractivity contribution in [3.8, 4) is 5.75 Å². The standard InChI is InChI=1S/C19H23NO2/c1-5-16-6-8-18(9-7-16)22-15(4)19(21)20-17-11-13(2)10-14(3)12-17/h6-12,15H,5H2,1-4H3,(H,20,21). The summed E-state index contributed by atoms with van der Waals surface area (Å²) in [4.78, 5) is 12.2. The van der Waals surface area contributed by atoms with Gasteiger partial charge in [-0.25, -0.2) is 0 Å². The zero-order valence-corrected chi connectivity index (χ0v) is 13.6. The number of hydrogen-bond donors (Lipinski definition) is 1. The van der Waals surface area contributed by atoms with Gasteiger partial charge in [-0.15, -0.1) is 0 Å². The number of carbonyl (C=O) groups excluding carboxylic acids is 1. The monoisotopic (exact) mass is 297 g/mol. The number of rotatable bonds is 5. The first-order valence-electron chi connectivity index (χ1n) is 7.62. The van der Waals surface area contributed by atoms with E-state index in [0.717, 1.165) is 23.2 Å². The van der Waals surface area contributed by atoms with E-state index >= 15 is 0 Å². The largest absolute Gasteiger partial charge is 0.481 e. The highest BCUT2D eigenvalue weighted by Gasteiger charge is 2.15. The number of ether oxygens (including phenoxy) is 1. The van der Waals surface area contributed by atoms with E-state index < -0.39 is 6.10 Å². The second kappa shape index (κ2) is 7.12. The van der Waals surface area contributed by atoms with Gasteiger partial charge in [0.15, 0.2) is 6.10 Å². The first kappa shape index (κ1) is 16.1. The molecule has 2 rings (SSSR count). The molecule has 3 heteroatoms. The zero-order chi connectivity index (χ0) is 16.1. The lowest BCUT2D eigenvalue weighted by molar-refractivity contribution is -0.122. The molecule has 22 heavy (non-hydrogen) atoms. The summed E-state index contributed by atoms with van der Waals surface area (Å²) in [5.41, 5.74) is 4.30. The van der Waals surface area contributed by atoms with Crippen LogP contribution in [0.5, 0.6) is 5.75 Å². The molecule has 0 saturated carbocycles. The topological polar surface area (TPSA) is 38.3 Å². The number of carbonyl (C=O) groups is 1. The molecule has 2 aromatic rings. The number of nitrogens with one attached hydrogen (secondary N) is 1. The molecule has 0 aliphatic carbocycles. The molecule has 1 atom stereocenters. The van der Waals surface area contributed by atoms with E-state index in [1.54, 1.807) is 6.92 Å². The van der Waals surface area contributed by atoms with Gasteiger partial charge < -0.3 is 10.1 Å². The minimum atomic E-state index is -0.548. The highest BCUT2D eigenvalue weighted by molar-refractivity contribution is 5.94. The van der Waals surface area contributed by atoms with Crippen LogP contribution in [0.2, 0.25) is 0 Å². The minimum absolute atomic E-state index is 0.149. The van der Waals surface area contributed by atoms with Crippen LogP contribution in [-0.4, -0.2) is 12.0 Å². The Morgan fingerprint density at radius 3 is 2.23 bits per heavy atom. The van der Waals surface area contributed by atoms with Crippen molar-refractivity contribution in [1.29, 1.82) is 0 Å². The molecule has 0 aliphatic rings. The van der Waals surface area contributed by atoms with Gasteiger partial charge in [0.05, 0.1) is 0 Å². The van der Waals surface area contributed by atoms with Crippen LogP contribution in [-0.2, 0) is 11.2 Å². The summed E-state index contributed by atoms with van der Waals surface area (Å²) in [6, 6.07) is 13.8. The summed E-state index contributed by atoms with van der Waals surface area (Å²) in [5, 5.41) is 2.90. The molecule has 0 saturated heterocycles. The van der Waals surface area contributed by atoms with E-state index in [-0.39, 0.29) is 5.91 Å². The van der Waals surface area contributed by atoms with Gasteiger partial charge in [0.25, 0.3) is 5.91 Å². The number of benzene rings is 2. The summed E-state index contributed by atoms with van der Waals surface area (Å²) in [5.74, 6) is 0.560. The van der Waals surface area contributed by atoms with Gasteiger partial charge in [-0.3, -0.25) is 4.79 Å². The van der Waals surface area contributed by atoms with E-state index in [9.17, 15) is 4.79 Å². The van der Waals surface area contributed by atoms with Crippen LogP contribution in [0.3, 0.4) is 0 Å². The lowest BCUT2D eigenvalue weighted by atomic mass is 10.1. The molecule has 116 valence electrons. The van der Waals surface area contributed by atoms with Crippen LogP contribution in [0.1, 0.15) is 30.5 Å². The lowest BCUT2D eigenvalue weighted by Gasteiger charge is -2.15. The maximum Gasteiger partial charge on any atom is 0.265 e. The third-order valence-electron chi connectivity index (χ3n) is 3.50. The third kappa shape index (κ3) is 4.35. The van der Waals surface area contributed by atoms with E-state index in [4.69, 9.17) is 4.74 Å². The fraction of sp³-hybridized carbons (Fsp3) is 0.316. The summed E-state index contributed by atoms with van der Waals surface area (Å²) < 4.78 is 5.70. The Hall–Kier alpha value is -2.29. The smallest absolute Gasteiger partial charge is 0.265 e. The molecule has 0 fully saturated rings. The first-order valence-corrected chi connectivity index (χ1v) is 7.62. The molecule has 1 unspecified atom stereocenters. The highest BCUT2D eigenvalue weighted by Crippen LogP contribution is 2.17. The summed E-state index contributed by atoms with van der Waals surface area (Å²) in [6.07, 6.45) is 0.441. The van der Waals surface area contributed by atoms with E-state index in [2.05, 4.69) is 18.3 Å². The van der Waals surface area contributed by atoms with Crippen molar-refractivity contribution in [3.05, 3.63) is 59.2 Å². The molecule has 0 aromatic heterocycles. The summed E-state index contributed by atoms with van der Waals surface area (Å²) in [7, 11) is 0. The molecule has 3 nitrogen and oxygen atoms in total. The van der Waals surface area contributed by atoms with Crippen molar-refractivity contribution in [2.45, 2.75) is 40.2 Å². The minimum Gasteiger partial charge on any atom is -0.481 e. The van der Waals surface area contributed by atoms with Gasteiger partial charge in [-0.05, 0) is 68.1 Å².